The molecule has 2 heterocycles. The van der Waals surface area contributed by atoms with Crippen molar-refractivity contribution in [2.24, 2.45) is 0 Å². The van der Waals surface area contributed by atoms with Crippen molar-refractivity contribution < 1.29 is 18.4 Å². The van der Waals surface area contributed by atoms with E-state index in [2.05, 4.69) is 10.1 Å². The lowest BCUT2D eigenvalue weighted by Gasteiger charge is -2.31. The van der Waals surface area contributed by atoms with Crippen molar-refractivity contribution in [3.63, 3.8) is 0 Å². The van der Waals surface area contributed by atoms with Gasteiger partial charge in [0, 0.05) is 24.7 Å². The summed E-state index contributed by atoms with van der Waals surface area (Å²) in [6.07, 6.45) is 1.59. The Morgan fingerprint density at radius 2 is 2.07 bits per heavy atom. The summed E-state index contributed by atoms with van der Waals surface area (Å²) in [6, 6.07) is 10.5. The molecule has 0 N–H and O–H groups in total. The molecular formula is C20H16Cl2FN3O3. The van der Waals surface area contributed by atoms with Gasteiger partial charge in [-0.15, -0.1) is 0 Å². The number of aromatic nitrogens is 2. The summed E-state index contributed by atoms with van der Waals surface area (Å²) in [7, 11) is 0. The van der Waals surface area contributed by atoms with Gasteiger partial charge in [0.1, 0.15) is 11.6 Å². The number of hydrogen-bond acceptors (Lipinski definition) is 5. The second kappa shape index (κ2) is 8.39. The van der Waals surface area contributed by atoms with Crippen molar-refractivity contribution in [1.29, 1.82) is 0 Å². The first-order valence-corrected chi connectivity index (χ1v) is 9.76. The van der Waals surface area contributed by atoms with Crippen LogP contribution in [0.2, 0.25) is 10.0 Å². The van der Waals surface area contributed by atoms with Crippen LogP contribution in [-0.2, 0) is 0 Å². The van der Waals surface area contributed by atoms with E-state index in [0.29, 0.717) is 34.6 Å². The van der Waals surface area contributed by atoms with Gasteiger partial charge in [0.15, 0.2) is 0 Å². The quantitative estimate of drug-likeness (QED) is 0.553. The maximum atomic E-state index is 13.3. The van der Waals surface area contributed by atoms with Crippen LogP contribution < -0.4 is 4.74 Å². The van der Waals surface area contributed by atoms with Crippen LogP contribution in [0.3, 0.4) is 0 Å². The van der Waals surface area contributed by atoms with E-state index in [-0.39, 0.29) is 23.6 Å². The van der Waals surface area contributed by atoms with Crippen LogP contribution in [0.4, 0.5) is 4.39 Å². The van der Waals surface area contributed by atoms with E-state index >= 15 is 0 Å². The Kier molecular flexibility index (Phi) is 5.69. The molecule has 3 aromatic rings. The minimum absolute atomic E-state index is 0.00136. The van der Waals surface area contributed by atoms with Gasteiger partial charge >= 0.3 is 6.01 Å². The number of ether oxygens (including phenoxy) is 1. The highest BCUT2D eigenvalue weighted by atomic mass is 35.5. The normalized spacial score (nSPS) is 16.7. The average molecular weight is 436 g/mol. The van der Waals surface area contributed by atoms with Gasteiger partial charge in [-0.1, -0.05) is 29.3 Å². The largest absolute Gasteiger partial charge is 0.422 e. The second-order valence-electron chi connectivity index (χ2n) is 6.69. The van der Waals surface area contributed by atoms with E-state index in [4.69, 9.17) is 32.5 Å². The Balaban J connectivity index is 1.45. The third-order valence-electron chi connectivity index (χ3n) is 4.65. The number of hydrogen-bond donors (Lipinski definition) is 0. The summed E-state index contributed by atoms with van der Waals surface area (Å²) in [5.41, 5.74) is 0.473. The summed E-state index contributed by atoms with van der Waals surface area (Å²) in [4.78, 5) is 18.8. The molecule has 29 heavy (non-hydrogen) atoms. The highest BCUT2D eigenvalue weighted by molar-refractivity contribution is 6.42. The predicted octanol–water partition coefficient (Wildman–Crippen LogP) is 5.33. The first kappa shape index (κ1) is 19.7. The molecule has 6 nitrogen and oxygen atoms in total. The lowest BCUT2D eigenvalue weighted by molar-refractivity contribution is 0.0695. The first-order chi connectivity index (χ1) is 14.0. The van der Waals surface area contributed by atoms with Gasteiger partial charge in [-0.25, -0.2) is 4.39 Å². The minimum Gasteiger partial charge on any atom is -0.422 e. The fourth-order valence-corrected chi connectivity index (χ4v) is 3.54. The molecule has 1 saturated heterocycles. The molecule has 2 aromatic carbocycles. The Morgan fingerprint density at radius 3 is 2.86 bits per heavy atom. The molecule has 0 aliphatic carbocycles. The maximum Gasteiger partial charge on any atom is 0.359 e. The van der Waals surface area contributed by atoms with E-state index in [1.165, 1.54) is 18.2 Å². The monoisotopic (exact) mass is 435 g/mol. The highest BCUT2D eigenvalue weighted by Crippen LogP contribution is 2.30. The van der Waals surface area contributed by atoms with Crippen molar-refractivity contribution in [3.05, 3.63) is 69.8 Å². The zero-order valence-corrected chi connectivity index (χ0v) is 16.7. The van der Waals surface area contributed by atoms with Crippen molar-refractivity contribution >= 4 is 29.1 Å². The summed E-state index contributed by atoms with van der Waals surface area (Å²) in [5, 5.41) is 4.53. The first-order valence-electron chi connectivity index (χ1n) is 9.01. The number of benzene rings is 2. The molecule has 1 atom stereocenters. The molecule has 1 amide bonds. The van der Waals surface area contributed by atoms with Gasteiger partial charge in [0.05, 0.1) is 16.0 Å². The molecule has 0 saturated carbocycles. The smallest absolute Gasteiger partial charge is 0.359 e. The zero-order valence-electron chi connectivity index (χ0n) is 15.1. The van der Waals surface area contributed by atoms with E-state index in [1.54, 1.807) is 29.2 Å². The number of carbonyl (C=O) groups excluding carboxylic acids is 1. The number of likely N-dealkylation sites (tertiary alicyclic amines) is 1. The summed E-state index contributed by atoms with van der Waals surface area (Å²) >= 11 is 12.0. The zero-order chi connectivity index (χ0) is 20.4. The fraction of sp³-hybridized carbons (Fsp3) is 0.250. The highest BCUT2D eigenvalue weighted by Gasteiger charge is 2.29. The molecule has 1 aliphatic rings. The molecular weight excluding hydrogens is 420 g/mol. The molecule has 0 bridgehead atoms. The standard InChI is InChI=1S/C20H16Cl2FN3O3/c21-16-7-6-12(9-17(16)22)19(27)26-8-2-3-13(11-26)18-24-20(25-29-18)28-15-5-1-4-14(23)10-15/h1,4-7,9-10,13H,2-3,8,11H2/t13-/m0/s1. The van der Waals surface area contributed by atoms with Crippen molar-refractivity contribution in [1.82, 2.24) is 15.0 Å². The molecule has 1 aromatic heterocycles. The average Bonchev–Trinajstić information content (AvgIpc) is 3.18. The lowest BCUT2D eigenvalue weighted by Crippen LogP contribution is -2.39. The number of halogens is 3. The molecule has 1 aliphatic heterocycles. The Morgan fingerprint density at radius 1 is 1.21 bits per heavy atom. The summed E-state index contributed by atoms with van der Waals surface area (Å²) in [6.45, 7) is 1.05. The number of nitrogens with zero attached hydrogens (tertiary/aromatic N) is 3. The van der Waals surface area contributed by atoms with Gasteiger partial charge in [0.25, 0.3) is 5.91 Å². The van der Waals surface area contributed by atoms with Gasteiger partial charge < -0.3 is 14.2 Å². The van der Waals surface area contributed by atoms with Crippen LogP contribution in [0.25, 0.3) is 0 Å². The molecule has 1 fully saturated rings. The molecule has 0 spiro atoms. The maximum absolute atomic E-state index is 13.3. The molecule has 9 heteroatoms. The number of carbonyl (C=O) groups is 1. The van der Waals surface area contributed by atoms with E-state index in [1.807, 2.05) is 0 Å². The number of amides is 1. The summed E-state index contributed by atoms with van der Waals surface area (Å²) in [5.74, 6) is -0.0211. The molecule has 4 rings (SSSR count). The van der Waals surface area contributed by atoms with Gasteiger partial charge in [0.2, 0.25) is 5.89 Å². The topological polar surface area (TPSA) is 68.5 Å². The third kappa shape index (κ3) is 4.52. The molecule has 0 unspecified atom stereocenters. The van der Waals surface area contributed by atoms with Crippen LogP contribution in [0.15, 0.2) is 47.0 Å². The van der Waals surface area contributed by atoms with Crippen molar-refractivity contribution in [2.45, 2.75) is 18.8 Å². The number of rotatable bonds is 4. The van der Waals surface area contributed by atoms with Crippen molar-refractivity contribution in [3.8, 4) is 11.8 Å². The number of piperidine rings is 1. The van der Waals surface area contributed by atoms with Gasteiger partial charge in [-0.2, -0.15) is 4.98 Å². The minimum atomic E-state index is -0.421. The van der Waals surface area contributed by atoms with Gasteiger partial charge in [-0.3, -0.25) is 4.79 Å². The van der Waals surface area contributed by atoms with Crippen LogP contribution in [0.1, 0.15) is 35.0 Å². The Hall–Kier alpha value is -2.64. The fourth-order valence-electron chi connectivity index (χ4n) is 3.24. The van der Waals surface area contributed by atoms with Crippen LogP contribution in [0.5, 0.6) is 11.8 Å². The SMILES string of the molecule is O=C(c1ccc(Cl)c(Cl)c1)N1CCC[C@H](c2nc(Oc3cccc(F)c3)no2)C1. The lowest BCUT2D eigenvalue weighted by atomic mass is 9.97. The Bertz CT molecular complexity index is 1040. The van der Waals surface area contributed by atoms with Crippen LogP contribution in [-0.4, -0.2) is 34.0 Å². The second-order valence-corrected chi connectivity index (χ2v) is 7.51. The third-order valence-corrected chi connectivity index (χ3v) is 5.39. The molecule has 0 radical (unpaired) electrons. The molecule has 150 valence electrons. The van der Waals surface area contributed by atoms with Gasteiger partial charge in [-0.05, 0) is 48.3 Å². The van der Waals surface area contributed by atoms with E-state index < -0.39 is 5.82 Å². The Labute approximate surface area is 176 Å². The van der Waals surface area contributed by atoms with Crippen LogP contribution >= 0.6 is 23.2 Å². The predicted molar refractivity (Wildman–Crippen MR) is 105 cm³/mol. The van der Waals surface area contributed by atoms with Crippen molar-refractivity contribution in [2.75, 3.05) is 13.1 Å². The van der Waals surface area contributed by atoms with Crippen LogP contribution in [0, 0.1) is 5.82 Å². The summed E-state index contributed by atoms with van der Waals surface area (Å²) < 4.78 is 24.0. The van der Waals surface area contributed by atoms with E-state index in [0.717, 1.165) is 12.8 Å². The van der Waals surface area contributed by atoms with E-state index in [9.17, 15) is 9.18 Å².